The van der Waals surface area contributed by atoms with Gasteiger partial charge in [0.05, 0.1) is 0 Å². The SMILES string of the molecule is O=C(Cl)C=C1CCc2c(F)cccc21. The van der Waals surface area contributed by atoms with Gasteiger partial charge in [0.25, 0.3) is 0 Å². The van der Waals surface area contributed by atoms with Crippen LogP contribution < -0.4 is 0 Å². The summed E-state index contributed by atoms with van der Waals surface area (Å²) in [4.78, 5) is 10.7. The van der Waals surface area contributed by atoms with E-state index in [-0.39, 0.29) is 5.82 Å². The second-order valence-corrected chi connectivity index (χ2v) is 3.61. The van der Waals surface area contributed by atoms with E-state index < -0.39 is 5.24 Å². The molecule has 0 N–H and O–H groups in total. The predicted octanol–water partition coefficient (Wildman–Crippen LogP) is 2.92. The highest BCUT2D eigenvalue weighted by molar-refractivity contribution is 6.67. The Bertz CT molecular complexity index is 423. The lowest BCUT2D eigenvalue weighted by Gasteiger charge is -2.00. The largest absolute Gasteiger partial charge is 0.276 e. The van der Waals surface area contributed by atoms with Gasteiger partial charge in [-0.1, -0.05) is 12.1 Å². The number of rotatable bonds is 1. The van der Waals surface area contributed by atoms with Crippen LogP contribution in [0.5, 0.6) is 0 Å². The molecule has 72 valence electrons. The van der Waals surface area contributed by atoms with E-state index in [0.29, 0.717) is 18.4 Å². The average Bonchev–Trinajstić information content (AvgIpc) is 2.49. The molecular weight excluding hydrogens is 203 g/mol. The first-order valence-corrected chi connectivity index (χ1v) is 4.74. The van der Waals surface area contributed by atoms with Gasteiger partial charge in [-0.05, 0) is 47.2 Å². The molecule has 14 heavy (non-hydrogen) atoms. The van der Waals surface area contributed by atoms with Crippen LogP contribution in [0.4, 0.5) is 4.39 Å². The van der Waals surface area contributed by atoms with Gasteiger partial charge < -0.3 is 0 Å². The zero-order valence-corrected chi connectivity index (χ0v) is 8.14. The molecule has 3 heteroatoms. The summed E-state index contributed by atoms with van der Waals surface area (Å²) in [6, 6.07) is 4.90. The molecule has 0 saturated heterocycles. The van der Waals surface area contributed by atoms with Gasteiger partial charge in [0.15, 0.2) is 0 Å². The van der Waals surface area contributed by atoms with Crippen LogP contribution in [0.25, 0.3) is 5.57 Å². The maximum atomic E-state index is 13.3. The normalized spacial score (nSPS) is 17.1. The first-order chi connectivity index (χ1) is 6.68. The Balaban J connectivity index is 2.50. The molecule has 1 aliphatic rings. The summed E-state index contributed by atoms with van der Waals surface area (Å²) in [5.74, 6) is -0.201. The molecule has 1 nitrogen and oxygen atoms in total. The number of fused-ring (bicyclic) bond motifs is 1. The quantitative estimate of drug-likeness (QED) is 0.515. The van der Waals surface area contributed by atoms with Crippen molar-refractivity contribution in [2.24, 2.45) is 0 Å². The molecule has 0 atom stereocenters. The van der Waals surface area contributed by atoms with Crippen molar-refractivity contribution in [3.63, 3.8) is 0 Å². The fourth-order valence-electron chi connectivity index (χ4n) is 1.79. The van der Waals surface area contributed by atoms with Crippen molar-refractivity contribution >= 4 is 22.4 Å². The molecular formula is C11H8ClFO. The van der Waals surface area contributed by atoms with Gasteiger partial charge in [0.1, 0.15) is 5.82 Å². The maximum Gasteiger partial charge on any atom is 0.245 e. The third-order valence-electron chi connectivity index (χ3n) is 2.40. The number of hydrogen-bond donors (Lipinski definition) is 0. The van der Waals surface area contributed by atoms with E-state index in [1.807, 2.05) is 6.07 Å². The maximum absolute atomic E-state index is 13.3. The predicted molar refractivity (Wildman–Crippen MR) is 53.6 cm³/mol. The number of hydrogen-bond acceptors (Lipinski definition) is 1. The number of allylic oxidation sites excluding steroid dienone is 2. The van der Waals surface area contributed by atoms with E-state index in [2.05, 4.69) is 0 Å². The van der Waals surface area contributed by atoms with Crippen molar-refractivity contribution in [2.75, 3.05) is 0 Å². The molecule has 0 aliphatic heterocycles. The molecule has 0 bridgehead atoms. The molecule has 0 unspecified atom stereocenters. The number of halogens is 2. The van der Waals surface area contributed by atoms with Gasteiger partial charge in [-0.15, -0.1) is 0 Å². The van der Waals surface area contributed by atoms with E-state index in [1.54, 1.807) is 6.07 Å². The Morgan fingerprint density at radius 2 is 2.21 bits per heavy atom. The summed E-state index contributed by atoms with van der Waals surface area (Å²) in [6.45, 7) is 0. The fraction of sp³-hybridized carbons (Fsp3) is 0.182. The highest BCUT2D eigenvalue weighted by atomic mass is 35.5. The summed E-state index contributed by atoms with van der Waals surface area (Å²) < 4.78 is 13.3. The Hall–Kier alpha value is -1.15. The highest BCUT2D eigenvalue weighted by Crippen LogP contribution is 2.33. The van der Waals surface area contributed by atoms with Crippen LogP contribution in [0.1, 0.15) is 17.5 Å². The summed E-state index contributed by atoms with van der Waals surface area (Å²) >= 11 is 5.26. The van der Waals surface area contributed by atoms with Gasteiger partial charge >= 0.3 is 0 Å². The van der Waals surface area contributed by atoms with Crippen LogP contribution in [0.3, 0.4) is 0 Å². The van der Waals surface area contributed by atoms with Crippen LogP contribution >= 0.6 is 11.6 Å². The van der Waals surface area contributed by atoms with Crippen molar-refractivity contribution in [1.29, 1.82) is 0 Å². The number of carbonyl (C=O) groups is 1. The molecule has 2 rings (SSSR count). The van der Waals surface area contributed by atoms with Gasteiger partial charge in [-0.2, -0.15) is 0 Å². The molecule has 1 aliphatic carbocycles. The van der Waals surface area contributed by atoms with Crippen LogP contribution in [0, 0.1) is 5.82 Å². The van der Waals surface area contributed by atoms with E-state index in [9.17, 15) is 9.18 Å². The van der Waals surface area contributed by atoms with E-state index in [1.165, 1.54) is 12.1 Å². The van der Waals surface area contributed by atoms with E-state index in [0.717, 1.165) is 11.1 Å². The second kappa shape index (κ2) is 3.54. The third-order valence-corrected chi connectivity index (χ3v) is 2.51. The Labute approximate surface area is 86.2 Å². The average molecular weight is 211 g/mol. The van der Waals surface area contributed by atoms with Crippen molar-refractivity contribution in [2.45, 2.75) is 12.8 Å². The number of benzene rings is 1. The first-order valence-electron chi connectivity index (χ1n) is 4.36. The highest BCUT2D eigenvalue weighted by Gasteiger charge is 2.19. The lowest BCUT2D eigenvalue weighted by molar-refractivity contribution is -0.107. The smallest absolute Gasteiger partial charge is 0.245 e. The second-order valence-electron chi connectivity index (χ2n) is 3.24. The first kappa shape index (κ1) is 9.41. The van der Waals surface area contributed by atoms with Crippen LogP contribution in [-0.4, -0.2) is 5.24 Å². The zero-order valence-electron chi connectivity index (χ0n) is 7.39. The minimum Gasteiger partial charge on any atom is -0.276 e. The van der Waals surface area contributed by atoms with E-state index in [4.69, 9.17) is 11.6 Å². The molecule has 0 amide bonds. The van der Waals surface area contributed by atoms with Crippen molar-refractivity contribution < 1.29 is 9.18 Å². The molecule has 0 radical (unpaired) electrons. The molecule has 0 heterocycles. The van der Waals surface area contributed by atoms with Crippen molar-refractivity contribution in [3.05, 3.63) is 41.2 Å². The Kier molecular flexibility index (Phi) is 2.38. The Morgan fingerprint density at radius 3 is 2.93 bits per heavy atom. The fourth-order valence-corrected chi connectivity index (χ4v) is 1.93. The minimum absolute atomic E-state index is 0.201. The lowest BCUT2D eigenvalue weighted by Crippen LogP contribution is -1.87. The molecule has 0 spiro atoms. The summed E-state index contributed by atoms with van der Waals surface area (Å²) in [7, 11) is 0. The summed E-state index contributed by atoms with van der Waals surface area (Å²) in [6.07, 6.45) is 2.71. The topological polar surface area (TPSA) is 17.1 Å². The molecule has 0 saturated carbocycles. The van der Waals surface area contributed by atoms with E-state index >= 15 is 0 Å². The standard InChI is InChI=1S/C11H8ClFO/c12-11(14)6-7-4-5-9-8(7)2-1-3-10(9)13/h1-3,6H,4-5H2. The monoisotopic (exact) mass is 210 g/mol. The molecule has 0 aromatic heterocycles. The molecule has 1 aromatic carbocycles. The third kappa shape index (κ3) is 1.58. The van der Waals surface area contributed by atoms with Gasteiger partial charge in [0.2, 0.25) is 5.24 Å². The van der Waals surface area contributed by atoms with Gasteiger partial charge in [-0.3, -0.25) is 4.79 Å². The Morgan fingerprint density at radius 1 is 1.43 bits per heavy atom. The lowest BCUT2D eigenvalue weighted by atomic mass is 10.1. The van der Waals surface area contributed by atoms with Crippen LogP contribution in [-0.2, 0) is 11.2 Å². The molecule has 0 fully saturated rings. The number of carbonyl (C=O) groups excluding carboxylic acids is 1. The van der Waals surface area contributed by atoms with Crippen molar-refractivity contribution in [3.8, 4) is 0 Å². The van der Waals surface area contributed by atoms with Gasteiger partial charge in [0, 0.05) is 6.08 Å². The minimum atomic E-state index is -0.503. The van der Waals surface area contributed by atoms with Crippen LogP contribution in [0.15, 0.2) is 24.3 Å². The summed E-state index contributed by atoms with van der Waals surface area (Å²) in [5, 5.41) is -0.503. The zero-order chi connectivity index (χ0) is 10.1. The van der Waals surface area contributed by atoms with Gasteiger partial charge in [-0.25, -0.2) is 4.39 Å². The van der Waals surface area contributed by atoms with Crippen LogP contribution in [0.2, 0.25) is 0 Å². The summed E-state index contributed by atoms with van der Waals surface area (Å²) in [5.41, 5.74) is 2.34. The van der Waals surface area contributed by atoms with Crippen molar-refractivity contribution in [1.82, 2.24) is 0 Å². The molecule has 1 aromatic rings.